The number of rotatable bonds is 3. The Kier molecular flexibility index (Phi) is 4.27. The van der Waals surface area contributed by atoms with E-state index in [9.17, 15) is 18.0 Å². The molecule has 2 nitrogen and oxygen atoms in total. The van der Waals surface area contributed by atoms with Crippen molar-refractivity contribution in [3.05, 3.63) is 28.8 Å². The van der Waals surface area contributed by atoms with Crippen LogP contribution in [0.1, 0.15) is 12.5 Å². The zero-order valence-electron chi connectivity index (χ0n) is 8.52. The fraction of sp³-hybridized carbons (Fsp3) is 0.300. The normalized spacial score (nSPS) is 13.3. The minimum Gasteiger partial charge on any atom is -0.480 e. The molecule has 0 saturated heterocycles. The standard InChI is InChI=1S/C10H7Cl2F3O2/c1-5(9(12)16)17-8-3-2-6(4-7(8)11)10(13,14)15/h2-5H,1H3. The van der Waals surface area contributed by atoms with Crippen molar-refractivity contribution in [2.45, 2.75) is 19.2 Å². The average molecular weight is 287 g/mol. The van der Waals surface area contributed by atoms with Gasteiger partial charge in [0.05, 0.1) is 10.6 Å². The summed E-state index contributed by atoms with van der Waals surface area (Å²) in [6.07, 6.45) is -5.46. The molecular weight excluding hydrogens is 280 g/mol. The molecular formula is C10H7Cl2F3O2. The lowest BCUT2D eigenvalue weighted by Crippen LogP contribution is -2.19. The number of carbonyl (C=O) groups is 1. The van der Waals surface area contributed by atoms with Gasteiger partial charge in [-0.2, -0.15) is 13.2 Å². The first-order valence-corrected chi connectivity index (χ1v) is 5.20. The molecule has 17 heavy (non-hydrogen) atoms. The Bertz CT molecular complexity index is 432. The van der Waals surface area contributed by atoms with Crippen LogP contribution in [-0.2, 0) is 11.0 Å². The van der Waals surface area contributed by atoms with Gasteiger partial charge in [0.15, 0.2) is 6.10 Å². The second-order valence-corrected chi connectivity index (χ2v) is 3.99. The van der Waals surface area contributed by atoms with Gasteiger partial charge in [-0.05, 0) is 36.7 Å². The third kappa shape index (κ3) is 3.78. The van der Waals surface area contributed by atoms with Crippen LogP contribution in [0.4, 0.5) is 13.2 Å². The molecule has 0 amide bonds. The lowest BCUT2D eigenvalue weighted by Gasteiger charge is -2.13. The van der Waals surface area contributed by atoms with Crippen molar-refractivity contribution < 1.29 is 22.7 Å². The second-order valence-electron chi connectivity index (χ2n) is 3.21. The first kappa shape index (κ1) is 14.1. The van der Waals surface area contributed by atoms with Gasteiger partial charge in [-0.15, -0.1) is 0 Å². The summed E-state index contributed by atoms with van der Waals surface area (Å²) < 4.78 is 41.9. The van der Waals surface area contributed by atoms with Crippen LogP contribution in [0.2, 0.25) is 5.02 Å². The fourth-order valence-electron chi connectivity index (χ4n) is 1.01. The molecule has 0 fully saturated rings. The van der Waals surface area contributed by atoms with Crippen molar-refractivity contribution in [2.24, 2.45) is 0 Å². The molecule has 0 N–H and O–H groups in total. The molecule has 0 spiro atoms. The molecule has 1 aromatic carbocycles. The van der Waals surface area contributed by atoms with E-state index in [1.807, 2.05) is 0 Å². The van der Waals surface area contributed by atoms with E-state index >= 15 is 0 Å². The van der Waals surface area contributed by atoms with Crippen molar-refractivity contribution in [3.63, 3.8) is 0 Å². The highest BCUT2D eigenvalue weighted by Gasteiger charge is 2.31. The minimum atomic E-state index is -4.48. The van der Waals surface area contributed by atoms with Crippen molar-refractivity contribution >= 4 is 28.4 Å². The molecule has 1 unspecified atom stereocenters. The van der Waals surface area contributed by atoms with Crippen LogP contribution in [0.25, 0.3) is 0 Å². The van der Waals surface area contributed by atoms with Crippen molar-refractivity contribution in [1.29, 1.82) is 0 Å². The van der Waals surface area contributed by atoms with Gasteiger partial charge in [0, 0.05) is 0 Å². The summed E-state index contributed by atoms with van der Waals surface area (Å²) in [7, 11) is 0. The number of halogens is 5. The van der Waals surface area contributed by atoms with Gasteiger partial charge in [-0.3, -0.25) is 4.79 Å². The third-order valence-electron chi connectivity index (χ3n) is 1.88. The zero-order valence-corrected chi connectivity index (χ0v) is 10.0. The van der Waals surface area contributed by atoms with Crippen LogP contribution >= 0.6 is 23.2 Å². The Morgan fingerprint density at radius 1 is 1.41 bits per heavy atom. The molecule has 0 bridgehead atoms. The molecule has 1 atom stereocenters. The summed E-state index contributed by atoms with van der Waals surface area (Å²) in [6, 6.07) is 2.58. The highest BCUT2D eigenvalue weighted by Crippen LogP contribution is 2.35. The number of carbonyl (C=O) groups excluding carboxylic acids is 1. The maximum Gasteiger partial charge on any atom is 0.416 e. The molecule has 1 aromatic rings. The molecule has 1 rings (SSSR count). The van der Waals surface area contributed by atoms with E-state index in [4.69, 9.17) is 27.9 Å². The number of hydrogen-bond acceptors (Lipinski definition) is 2. The van der Waals surface area contributed by atoms with Crippen LogP contribution in [0.3, 0.4) is 0 Å². The highest BCUT2D eigenvalue weighted by molar-refractivity contribution is 6.64. The van der Waals surface area contributed by atoms with Crippen molar-refractivity contribution in [3.8, 4) is 5.75 Å². The van der Waals surface area contributed by atoms with E-state index in [-0.39, 0.29) is 10.8 Å². The van der Waals surface area contributed by atoms with Gasteiger partial charge in [0.25, 0.3) is 5.24 Å². The lowest BCUT2D eigenvalue weighted by molar-refractivity contribution is -0.137. The van der Waals surface area contributed by atoms with E-state index < -0.39 is 23.1 Å². The maximum atomic E-state index is 12.3. The van der Waals surface area contributed by atoms with E-state index in [0.717, 1.165) is 18.2 Å². The molecule has 7 heteroatoms. The lowest BCUT2D eigenvalue weighted by atomic mass is 10.2. The quantitative estimate of drug-likeness (QED) is 0.788. The molecule has 94 valence electrons. The smallest absolute Gasteiger partial charge is 0.416 e. The summed E-state index contributed by atoms with van der Waals surface area (Å²) in [5.74, 6) is -0.0267. The Morgan fingerprint density at radius 2 is 2.00 bits per heavy atom. The average Bonchev–Trinajstić information content (AvgIpc) is 2.19. The van der Waals surface area contributed by atoms with Crippen molar-refractivity contribution in [1.82, 2.24) is 0 Å². The third-order valence-corrected chi connectivity index (χ3v) is 2.49. The van der Waals surface area contributed by atoms with E-state index in [1.54, 1.807) is 0 Å². The first-order valence-electron chi connectivity index (χ1n) is 4.44. The minimum absolute atomic E-state index is 0.0267. The molecule has 0 heterocycles. The predicted molar refractivity (Wildman–Crippen MR) is 57.4 cm³/mol. The van der Waals surface area contributed by atoms with E-state index in [1.165, 1.54) is 6.92 Å². The topological polar surface area (TPSA) is 26.3 Å². The fourth-order valence-corrected chi connectivity index (χ4v) is 1.28. The van der Waals surface area contributed by atoms with Gasteiger partial charge < -0.3 is 4.74 Å². The van der Waals surface area contributed by atoms with Crippen LogP contribution < -0.4 is 4.74 Å². The van der Waals surface area contributed by atoms with Crippen molar-refractivity contribution in [2.75, 3.05) is 0 Å². The van der Waals surface area contributed by atoms with Crippen LogP contribution in [0, 0.1) is 0 Å². The number of benzene rings is 1. The van der Waals surface area contributed by atoms with E-state index in [0.29, 0.717) is 0 Å². The Balaban J connectivity index is 2.95. The zero-order chi connectivity index (χ0) is 13.2. The molecule has 0 radical (unpaired) electrons. The SMILES string of the molecule is CC(Oc1ccc(C(F)(F)F)cc1Cl)C(=O)Cl. The molecule has 0 aliphatic carbocycles. The molecule has 0 saturated carbocycles. The molecule has 0 aliphatic heterocycles. The van der Waals surface area contributed by atoms with Gasteiger partial charge in [-0.25, -0.2) is 0 Å². The van der Waals surface area contributed by atoms with Crippen LogP contribution in [0.5, 0.6) is 5.75 Å². The van der Waals surface area contributed by atoms with Gasteiger partial charge in [0.2, 0.25) is 0 Å². The Labute approximate surface area is 105 Å². The number of hydrogen-bond donors (Lipinski definition) is 0. The van der Waals surface area contributed by atoms with Crippen LogP contribution in [-0.4, -0.2) is 11.3 Å². The van der Waals surface area contributed by atoms with Gasteiger partial charge in [-0.1, -0.05) is 11.6 Å². The van der Waals surface area contributed by atoms with E-state index in [2.05, 4.69) is 0 Å². The summed E-state index contributed by atoms with van der Waals surface area (Å²) in [4.78, 5) is 10.7. The summed E-state index contributed by atoms with van der Waals surface area (Å²) in [5, 5.41) is -0.995. The molecule has 0 aromatic heterocycles. The molecule has 0 aliphatic rings. The largest absolute Gasteiger partial charge is 0.480 e. The van der Waals surface area contributed by atoms with Gasteiger partial charge in [0.1, 0.15) is 5.75 Å². The number of ether oxygens (including phenoxy) is 1. The second kappa shape index (κ2) is 5.14. The Morgan fingerprint density at radius 3 is 2.41 bits per heavy atom. The van der Waals surface area contributed by atoms with Crippen LogP contribution in [0.15, 0.2) is 18.2 Å². The predicted octanol–water partition coefficient (Wildman–Crippen LogP) is 3.89. The number of alkyl halides is 3. The highest BCUT2D eigenvalue weighted by atomic mass is 35.5. The summed E-state index contributed by atoms with van der Waals surface area (Å²) in [5.41, 5.74) is -0.889. The summed E-state index contributed by atoms with van der Waals surface area (Å²) in [6.45, 7) is 1.36. The maximum absolute atomic E-state index is 12.3. The first-order chi connectivity index (χ1) is 7.71. The summed E-state index contributed by atoms with van der Waals surface area (Å²) >= 11 is 10.8. The van der Waals surface area contributed by atoms with Gasteiger partial charge >= 0.3 is 6.18 Å². The Hall–Kier alpha value is -0.940. The monoisotopic (exact) mass is 286 g/mol.